The molecule has 0 bridgehead atoms. The van der Waals surface area contributed by atoms with Crippen LogP contribution in [0.4, 0.5) is 5.69 Å². The van der Waals surface area contributed by atoms with Crippen molar-refractivity contribution in [1.82, 2.24) is 10.2 Å². The van der Waals surface area contributed by atoms with E-state index in [1.807, 2.05) is 52.0 Å². The first-order valence-corrected chi connectivity index (χ1v) is 15.2. The molecule has 0 saturated heterocycles. The number of aryl methyl sites for hydroxylation is 1. The molecule has 0 aliphatic heterocycles. The number of benzene rings is 3. The van der Waals surface area contributed by atoms with E-state index in [9.17, 15) is 18.0 Å². The smallest absolute Gasteiger partial charge is 0.264 e. The van der Waals surface area contributed by atoms with Crippen LogP contribution >= 0.6 is 15.9 Å². The summed E-state index contributed by atoms with van der Waals surface area (Å²) in [6.45, 7) is 8.00. The molecule has 0 spiro atoms. The van der Waals surface area contributed by atoms with Gasteiger partial charge >= 0.3 is 0 Å². The van der Waals surface area contributed by atoms with E-state index in [1.54, 1.807) is 42.5 Å². The standard InChI is InChI=1S/C30H36BrN3O4S/c1-5-28(30(36)32-19-22(2)3)33(20-24-13-10-9-12-23(24)4)29(35)21-34(26-15-11-14-25(31)18-26)39(37,38)27-16-7-6-8-17-27/h6-18,22,28H,5,19-21H2,1-4H3,(H,32,36). The molecule has 1 atom stereocenters. The molecule has 1 unspecified atom stereocenters. The number of halogens is 1. The molecule has 0 fully saturated rings. The number of carbonyl (C=O) groups excluding carboxylic acids is 2. The molecule has 208 valence electrons. The minimum atomic E-state index is -4.09. The predicted molar refractivity (Wildman–Crippen MR) is 159 cm³/mol. The topological polar surface area (TPSA) is 86.8 Å². The van der Waals surface area contributed by atoms with E-state index in [4.69, 9.17) is 0 Å². The third kappa shape index (κ3) is 7.92. The number of anilines is 1. The molecule has 7 nitrogen and oxygen atoms in total. The maximum Gasteiger partial charge on any atom is 0.264 e. The summed E-state index contributed by atoms with van der Waals surface area (Å²) in [4.78, 5) is 28.9. The molecule has 0 aromatic heterocycles. The van der Waals surface area contributed by atoms with Gasteiger partial charge in [0.2, 0.25) is 11.8 Å². The van der Waals surface area contributed by atoms with Crippen molar-refractivity contribution in [2.75, 3.05) is 17.4 Å². The maximum atomic E-state index is 14.1. The normalized spacial score (nSPS) is 12.2. The van der Waals surface area contributed by atoms with E-state index in [1.165, 1.54) is 17.0 Å². The first-order chi connectivity index (χ1) is 18.5. The summed E-state index contributed by atoms with van der Waals surface area (Å²) in [7, 11) is -4.09. The zero-order valence-electron chi connectivity index (χ0n) is 22.8. The largest absolute Gasteiger partial charge is 0.354 e. The van der Waals surface area contributed by atoms with Gasteiger partial charge in [-0.15, -0.1) is 0 Å². The highest BCUT2D eigenvalue weighted by atomic mass is 79.9. The van der Waals surface area contributed by atoms with Crippen molar-refractivity contribution < 1.29 is 18.0 Å². The van der Waals surface area contributed by atoms with Crippen molar-refractivity contribution in [3.05, 3.63) is 94.5 Å². The molecule has 0 heterocycles. The van der Waals surface area contributed by atoms with Crippen LogP contribution in [-0.4, -0.2) is 44.3 Å². The van der Waals surface area contributed by atoms with Crippen molar-refractivity contribution in [3.8, 4) is 0 Å². The molecule has 2 amide bonds. The van der Waals surface area contributed by atoms with Crippen molar-refractivity contribution in [3.63, 3.8) is 0 Å². The molecule has 0 radical (unpaired) electrons. The van der Waals surface area contributed by atoms with Gasteiger partial charge in [-0.3, -0.25) is 13.9 Å². The van der Waals surface area contributed by atoms with Crippen LogP contribution in [0.3, 0.4) is 0 Å². The second-order valence-electron chi connectivity index (χ2n) is 9.82. The number of rotatable bonds is 12. The van der Waals surface area contributed by atoms with Gasteiger partial charge in [0, 0.05) is 17.6 Å². The summed E-state index contributed by atoms with van der Waals surface area (Å²) in [5, 5.41) is 2.95. The van der Waals surface area contributed by atoms with Crippen molar-refractivity contribution >= 4 is 43.5 Å². The highest BCUT2D eigenvalue weighted by molar-refractivity contribution is 9.10. The number of carbonyl (C=O) groups is 2. The van der Waals surface area contributed by atoms with Gasteiger partial charge in [0.1, 0.15) is 12.6 Å². The summed E-state index contributed by atoms with van der Waals surface area (Å²) in [6, 6.07) is 21.8. The van der Waals surface area contributed by atoms with Gasteiger partial charge in [-0.05, 0) is 60.7 Å². The van der Waals surface area contributed by atoms with Gasteiger partial charge in [0.15, 0.2) is 0 Å². The van der Waals surface area contributed by atoms with Crippen molar-refractivity contribution in [1.29, 1.82) is 0 Å². The molecule has 39 heavy (non-hydrogen) atoms. The third-order valence-electron chi connectivity index (χ3n) is 6.38. The van der Waals surface area contributed by atoms with Crippen LogP contribution in [0.15, 0.2) is 88.2 Å². The molecule has 0 aliphatic rings. The number of nitrogens with zero attached hydrogens (tertiary/aromatic N) is 2. The Balaban J connectivity index is 2.05. The van der Waals surface area contributed by atoms with Crippen molar-refractivity contribution in [2.45, 2.75) is 51.6 Å². The SMILES string of the molecule is CCC(C(=O)NCC(C)C)N(Cc1ccccc1C)C(=O)CN(c1cccc(Br)c1)S(=O)(=O)c1ccccc1. The second kappa shape index (κ2) is 13.8. The van der Waals surface area contributed by atoms with Gasteiger partial charge in [0.25, 0.3) is 10.0 Å². The van der Waals surface area contributed by atoms with E-state index >= 15 is 0 Å². The Morgan fingerprint density at radius 1 is 0.949 bits per heavy atom. The first kappa shape index (κ1) is 30.4. The number of sulfonamides is 1. The highest BCUT2D eigenvalue weighted by Gasteiger charge is 2.33. The van der Waals surface area contributed by atoms with E-state index in [-0.39, 0.29) is 23.3 Å². The minimum absolute atomic E-state index is 0.0740. The lowest BCUT2D eigenvalue weighted by Crippen LogP contribution is -2.52. The molecule has 9 heteroatoms. The number of hydrogen-bond acceptors (Lipinski definition) is 4. The molecule has 0 saturated carbocycles. The first-order valence-electron chi connectivity index (χ1n) is 13.0. The molecule has 0 aliphatic carbocycles. The fourth-order valence-electron chi connectivity index (χ4n) is 4.19. The number of hydrogen-bond donors (Lipinski definition) is 1. The number of nitrogens with one attached hydrogen (secondary N) is 1. The predicted octanol–water partition coefficient (Wildman–Crippen LogP) is 5.53. The monoisotopic (exact) mass is 613 g/mol. The lowest BCUT2D eigenvalue weighted by Gasteiger charge is -2.33. The summed E-state index contributed by atoms with van der Waals surface area (Å²) in [6.07, 6.45) is 0.379. The van der Waals surface area contributed by atoms with E-state index < -0.39 is 28.5 Å². The average Bonchev–Trinajstić information content (AvgIpc) is 2.91. The van der Waals surface area contributed by atoms with E-state index in [0.29, 0.717) is 23.1 Å². The van der Waals surface area contributed by atoms with E-state index in [2.05, 4.69) is 21.2 Å². The summed E-state index contributed by atoms with van der Waals surface area (Å²) >= 11 is 3.41. The molecular formula is C30H36BrN3O4S. The average molecular weight is 615 g/mol. The fraction of sp³-hybridized carbons (Fsp3) is 0.333. The van der Waals surface area contributed by atoms with Gasteiger partial charge in [-0.2, -0.15) is 0 Å². The Kier molecular flexibility index (Phi) is 10.7. The zero-order chi connectivity index (χ0) is 28.6. The van der Waals surface area contributed by atoms with Crippen LogP contribution < -0.4 is 9.62 Å². The van der Waals surface area contributed by atoms with Crippen LogP contribution in [0, 0.1) is 12.8 Å². The summed E-state index contributed by atoms with van der Waals surface area (Å²) in [5.74, 6) is -0.479. The lowest BCUT2D eigenvalue weighted by molar-refractivity contribution is -0.140. The van der Waals surface area contributed by atoms with Gasteiger partial charge in [-0.1, -0.05) is 85.2 Å². The molecule has 3 rings (SSSR count). The van der Waals surface area contributed by atoms with Gasteiger partial charge < -0.3 is 10.2 Å². The Labute approximate surface area is 240 Å². The van der Waals surface area contributed by atoms with Crippen LogP contribution in [0.2, 0.25) is 0 Å². The Morgan fingerprint density at radius 2 is 1.62 bits per heavy atom. The van der Waals surface area contributed by atoms with E-state index in [0.717, 1.165) is 15.4 Å². The molecule has 3 aromatic rings. The minimum Gasteiger partial charge on any atom is -0.354 e. The number of amides is 2. The van der Waals surface area contributed by atoms with Gasteiger partial charge in [-0.25, -0.2) is 8.42 Å². The van der Waals surface area contributed by atoms with Crippen LogP contribution in [0.5, 0.6) is 0 Å². The van der Waals surface area contributed by atoms with Crippen LogP contribution in [-0.2, 0) is 26.2 Å². The summed E-state index contributed by atoms with van der Waals surface area (Å²) < 4.78 is 29.4. The molecular weight excluding hydrogens is 578 g/mol. The fourth-order valence-corrected chi connectivity index (χ4v) is 6.01. The third-order valence-corrected chi connectivity index (χ3v) is 8.66. The highest BCUT2D eigenvalue weighted by Crippen LogP contribution is 2.27. The Hall–Kier alpha value is -3.17. The summed E-state index contributed by atoms with van der Waals surface area (Å²) in [5.41, 5.74) is 2.21. The Morgan fingerprint density at radius 3 is 2.23 bits per heavy atom. The lowest BCUT2D eigenvalue weighted by atomic mass is 10.1. The van der Waals surface area contributed by atoms with Crippen LogP contribution in [0.1, 0.15) is 38.3 Å². The van der Waals surface area contributed by atoms with Crippen molar-refractivity contribution in [2.24, 2.45) is 5.92 Å². The maximum absolute atomic E-state index is 14.1. The molecule has 1 N–H and O–H groups in total. The zero-order valence-corrected chi connectivity index (χ0v) is 25.2. The van der Waals surface area contributed by atoms with Crippen LogP contribution in [0.25, 0.3) is 0 Å². The Bertz CT molecular complexity index is 1380. The molecule has 3 aromatic carbocycles. The quantitative estimate of drug-likeness (QED) is 0.291. The van der Waals surface area contributed by atoms with Gasteiger partial charge in [0.05, 0.1) is 10.6 Å². The second-order valence-corrected chi connectivity index (χ2v) is 12.6.